The number of sulfonamides is 1. The molecular weight excluding hydrogens is 308 g/mol. The van der Waals surface area contributed by atoms with Gasteiger partial charge in [0, 0.05) is 12.6 Å². The van der Waals surface area contributed by atoms with Crippen LogP contribution >= 0.6 is 11.6 Å². The second-order valence-electron chi connectivity index (χ2n) is 5.77. The second-order valence-corrected chi connectivity index (χ2v) is 8.07. The number of benzene rings is 1. The third-order valence-electron chi connectivity index (χ3n) is 4.61. The van der Waals surface area contributed by atoms with Crippen LogP contribution in [-0.4, -0.2) is 25.3 Å². The van der Waals surface area contributed by atoms with E-state index in [1.165, 1.54) is 18.2 Å². The van der Waals surface area contributed by atoms with Gasteiger partial charge in [-0.2, -0.15) is 9.57 Å². The number of nitriles is 1. The minimum absolute atomic E-state index is 0.137. The van der Waals surface area contributed by atoms with Gasteiger partial charge in [-0.05, 0) is 49.8 Å². The van der Waals surface area contributed by atoms with E-state index in [-0.39, 0.29) is 16.0 Å². The van der Waals surface area contributed by atoms with Crippen LogP contribution in [0.2, 0.25) is 5.02 Å². The third kappa shape index (κ3) is 2.57. The molecule has 2 aliphatic rings. The van der Waals surface area contributed by atoms with E-state index >= 15 is 0 Å². The average Bonchev–Trinajstić information content (AvgIpc) is 2.95. The van der Waals surface area contributed by atoms with E-state index in [0.29, 0.717) is 18.0 Å². The lowest BCUT2D eigenvalue weighted by Gasteiger charge is -2.36. The summed E-state index contributed by atoms with van der Waals surface area (Å²) in [5.41, 5.74) is 0.299. The predicted octanol–water partition coefficient (Wildman–Crippen LogP) is 3.16. The maximum Gasteiger partial charge on any atom is 0.243 e. The lowest BCUT2D eigenvalue weighted by atomic mass is 9.94. The summed E-state index contributed by atoms with van der Waals surface area (Å²) in [6.07, 6.45) is 5.24. The number of nitrogens with zero attached hydrogens (tertiary/aromatic N) is 2. The SMILES string of the molecule is N#Cc1ccc(S(=O)(=O)N2CCCC3CCCC32)cc1Cl. The first kappa shape index (κ1) is 14.8. The van der Waals surface area contributed by atoms with Gasteiger partial charge in [0.15, 0.2) is 0 Å². The minimum Gasteiger partial charge on any atom is -0.207 e. The fourth-order valence-electron chi connectivity index (χ4n) is 3.59. The third-order valence-corrected chi connectivity index (χ3v) is 6.84. The molecule has 0 N–H and O–H groups in total. The van der Waals surface area contributed by atoms with Crippen LogP contribution < -0.4 is 0 Å². The number of fused-ring (bicyclic) bond motifs is 1. The molecule has 21 heavy (non-hydrogen) atoms. The Morgan fingerprint density at radius 1 is 1.24 bits per heavy atom. The van der Waals surface area contributed by atoms with E-state index in [9.17, 15) is 8.42 Å². The highest BCUT2D eigenvalue weighted by atomic mass is 35.5. The molecule has 2 fully saturated rings. The van der Waals surface area contributed by atoms with Crippen molar-refractivity contribution in [1.82, 2.24) is 4.31 Å². The Morgan fingerprint density at radius 2 is 2.00 bits per heavy atom. The Morgan fingerprint density at radius 3 is 2.71 bits per heavy atom. The van der Waals surface area contributed by atoms with Crippen molar-refractivity contribution in [1.29, 1.82) is 5.26 Å². The van der Waals surface area contributed by atoms with Crippen LogP contribution in [0.3, 0.4) is 0 Å². The van der Waals surface area contributed by atoms with Crippen LogP contribution in [-0.2, 0) is 10.0 Å². The topological polar surface area (TPSA) is 61.2 Å². The Labute approximate surface area is 130 Å². The van der Waals surface area contributed by atoms with Crippen LogP contribution in [0.1, 0.15) is 37.7 Å². The van der Waals surface area contributed by atoms with Gasteiger partial charge < -0.3 is 0 Å². The fourth-order valence-corrected chi connectivity index (χ4v) is 5.66. The number of rotatable bonds is 2. The fraction of sp³-hybridized carbons (Fsp3) is 0.533. The lowest BCUT2D eigenvalue weighted by molar-refractivity contribution is 0.202. The zero-order valence-corrected chi connectivity index (χ0v) is 13.2. The highest BCUT2D eigenvalue weighted by Crippen LogP contribution is 2.39. The first-order chi connectivity index (χ1) is 10.0. The van der Waals surface area contributed by atoms with Crippen molar-refractivity contribution in [2.24, 2.45) is 5.92 Å². The average molecular weight is 325 g/mol. The Bertz CT molecular complexity index is 696. The molecule has 1 heterocycles. The summed E-state index contributed by atoms with van der Waals surface area (Å²) in [4.78, 5) is 0.194. The van der Waals surface area contributed by atoms with Gasteiger partial charge in [-0.25, -0.2) is 8.42 Å². The number of hydrogen-bond donors (Lipinski definition) is 0. The van der Waals surface area contributed by atoms with Crippen molar-refractivity contribution in [2.45, 2.75) is 43.0 Å². The molecule has 0 radical (unpaired) electrons. The molecule has 1 aromatic rings. The molecule has 0 amide bonds. The number of piperidine rings is 1. The minimum atomic E-state index is -3.52. The Kier molecular flexibility index (Phi) is 3.96. The molecule has 4 nitrogen and oxygen atoms in total. The van der Waals surface area contributed by atoms with E-state index in [1.807, 2.05) is 6.07 Å². The summed E-state index contributed by atoms with van der Waals surface area (Å²) in [7, 11) is -3.52. The highest BCUT2D eigenvalue weighted by molar-refractivity contribution is 7.89. The molecule has 1 aromatic carbocycles. The Hall–Kier alpha value is -1.09. The van der Waals surface area contributed by atoms with Crippen LogP contribution in [0.15, 0.2) is 23.1 Å². The molecule has 2 unspecified atom stereocenters. The van der Waals surface area contributed by atoms with Crippen LogP contribution in [0.25, 0.3) is 0 Å². The molecule has 6 heteroatoms. The van der Waals surface area contributed by atoms with Gasteiger partial charge >= 0.3 is 0 Å². The lowest BCUT2D eigenvalue weighted by Crippen LogP contribution is -2.46. The van der Waals surface area contributed by atoms with Crippen molar-refractivity contribution >= 4 is 21.6 Å². The zero-order valence-electron chi connectivity index (χ0n) is 11.6. The maximum absolute atomic E-state index is 12.9. The molecule has 0 aromatic heterocycles. The van der Waals surface area contributed by atoms with Crippen molar-refractivity contribution in [3.63, 3.8) is 0 Å². The van der Waals surface area contributed by atoms with E-state index in [1.54, 1.807) is 4.31 Å². The molecule has 1 saturated carbocycles. The second kappa shape index (κ2) is 5.60. The quantitative estimate of drug-likeness (QED) is 0.839. The summed E-state index contributed by atoms with van der Waals surface area (Å²) in [5, 5.41) is 9.08. The van der Waals surface area contributed by atoms with Gasteiger partial charge in [-0.1, -0.05) is 18.0 Å². The molecular formula is C15H17ClN2O2S. The molecule has 0 bridgehead atoms. The summed E-state index contributed by atoms with van der Waals surface area (Å²) in [5.74, 6) is 0.502. The van der Waals surface area contributed by atoms with Crippen molar-refractivity contribution in [3.05, 3.63) is 28.8 Å². The normalized spacial score (nSPS) is 26.3. The first-order valence-electron chi connectivity index (χ1n) is 7.25. The molecule has 1 aliphatic carbocycles. The van der Waals surface area contributed by atoms with Gasteiger partial charge in [0.05, 0.1) is 15.5 Å². The maximum atomic E-state index is 12.9. The van der Waals surface area contributed by atoms with Crippen LogP contribution in [0.4, 0.5) is 0 Å². The summed E-state index contributed by atoms with van der Waals surface area (Å²) < 4.78 is 27.4. The van der Waals surface area contributed by atoms with Gasteiger partial charge in [-0.15, -0.1) is 0 Å². The molecule has 0 spiro atoms. The van der Waals surface area contributed by atoms with Crippen LogP contribution in [0.5, 0.6) is 0 Å². The molecule has 2 atom stereocenters. The van der Waals surface area contributed by atoms with Gasteiger partial charge in [-0.3, -0.25) is 0 Å². The highest BCUT2D eigenvalue weighted by Gasteiger charge is 2.41. The van der Waals surface area contributed by atoms with Crippen molar-refractivity contribution in [2.75, 3.05) is 6.54 Å². The summed E-state index contributed by atoms with van der Waals surface area (Å²) in [6.45, 7) is 0.584. The standard InChI is InChI=1S/C15H17ClN2O2S/c16-14-9-13(7-6-12(14)10-17)21(19,20)18-8-2-4-11-3-1-5-15(11)18/h6-7,9,11,15H,1-5,8H2. The van der Waals surface area contributed by atoms with Crippen LogP contribution in [0, 0.1) is 17.2 Å². The number of halogens is 1. The summed E-state index contributed by atoms with van der Waals surface area (Å²) >= 11 is 5.98. The van der Waals surface area contributed by atoms with Crippen molar-refractivity contribution in [3.8, 4) is 6.07 Å². The Balaban J connectivity index is 1.96. The molecule has 112 valence electrons. The van der Waals surface area contributed by atoms with Gasteiger partial charge in [0.2, 0.25) is 10.0 Å². The zero-order chi connectivity index (χ0) is 15.0. The van der Waals surface area contributed by atoms with Gasteiger partial charge in [0.25, 0.3) is 0 Å². The van der Waals surface area contributed by atoms with E-state index < -0.39 is 10.0 Å². The first-order valence-corrected chi connectivity index (χ1v) is 9.07. The van der Waals surface area contributed by atoms with E-state index in [0.717, 1.165) is 32.1 Å². The monoisotopic (exact) mass is 324 g/mol. The summed E-state index contributed by atoms with van der Waals surface area (Å²) in [6, 6.07) is 6.45. The van der Waals surface area contributed by atoms with E-state index in [4.69, 9.17) is 16.9 Å². The number of hydrogen-bond acceptors (Lipinski definition) is 3. The molecule has 1 saturated heterocycles. The predicted molar refractivity (Wildman–Crippen MR) is 80.4 cm³/mol. The molecule has 1 aliphatic heterocycles. The smallest absolute Gasteiger partial charge is 0.207 e. The van der Waals surface area contributed by atoms with Gasteiger partial charge in [0.1, 0.15) is 6.07 Å². The largest absolute Gasteiger partial charge is 0.243 e. The molecule has 3 rings (SSSR count). The van der Waals surface area contributed by atoms with E-state index in [2.05, 4.69) is 0 Å². The van der Waals surface area contributed by atoms with Crippen molar-refractivity contribution < 1.29 is 8.42 Å².